The van der Waals surface area contributed by atoms with Crippen LogP contribution >= 0.6 is 11.3 Å². The van der Waals surface area contributed by atoms with Gasteiger partial charge in [-0.3, -0.25) is 4.79 Å². The lowest BCUT2D eigenvalue weighted by atomic mass is 10.1. The second-order valence-electron chi connectivity index (χ2n) is 5.78. The highest BCUT2D eigenvalue weighted by molar-refractivity contribution is 7.12. The molecule has 0 radical (unpaired) electrons. The van der Waals surface area contributed by atoms with Crippen LogP contribution in [0.2, 0.25) is 0 Å². The van der Waals surface area contributed by atoms with E-state index in [1.165, 1.54) is 18.4 Å². The number of hydrogen-bond acceptors (Lipinski definition) is 5. The highest BCUT2D eigenvalue weighted by Gasteiger charge is 2.19. The fourth-order valence-electron chi connectivity index (χ4n) is 2.76. The fourth-order valence-corrected chi connectivity index (χ4v) is 3.53. The van der Waals surface area contributed by atoms with Crippen LogP contribution in [0.1, 0.15) is 26.6 Å². The van der Waals surface area contributed by atoms with Crippen LogP contribution < -0.4 is 5.32 Å². The standard InChI is InChI=1S/C19H19N3O3S/c1-12-15(13(2)22(21-12)14-7-5-4-6-8-14)11-17(23)20-16-9-10-26-18(16)19(24)25-3/h4-10H,11H2,1-3H3,(H,20,23). The van der Waals surface area contributed by atoms with Crippen molar-refractivity contribution < 1.29 is 14.3 Å². The maximum atomic E-state index is 12.5. The second kappa shape index (κ2) is 7.53. The number of thiophene rings is 1. The van der Waals surface area contributed by atoms with Crippen molar-refractivity contribution in [2.75, 3.05) is 12.4 Å². The summed E-state index contributed by atoms with van der Waals surface area (Å²) in [5, 5.41) is 9.09. The van der Waals surface area contributed by atoms with Gasteiger partial charge >= 0.3 is 5.97 Å². The number of rotatable bonds is 5. The van der Waals surface area contributed by atoms with Crippen molar-refractivity contribution in [3.05, 3.63) is 63.6 Å². The third-order valence-electron chi connectivity index (χ3n) is 4.09. The zero-order chi connectivity index (χ0) is 18.7. The van der Waals surface area contributed by atoms with Gasteiger partial charge in [0.15, 0.2) is 0 Å². The van der Waals surface area contributed by atoms with Gasteiger partial charge < -0.3 is 10.1 Å². The SMILES string of the molecule is COC(=O)c1sccc1NC(=O)Cc1c(C)nn(-c2ccccc2)c1C. The molecule has 26 heavy (non-hydrogen) atoms. The first kappa shape index (κ1) is 17.9. The number of carbonyl (C=O) groups excluding carboxylic acids is 2. The first-order valence-electron chi connectivity index (χ1n) is 8.07. The quantitative estimate of drug-likeness (QED) is 0.699. The lowest BCUT2D eigenvalue weighted by Crippen LogP contribution is -2.16. The van der Waals surface area contributed by atoms with E-state index >= 15 is 0 Å². The van der Waals surface area contributed by atoms with Gasteiger partial charge in [-0.1, -0.05) is 18.2 Å². The molecule has 1 aromatic carbocycles. The maximum Gasteiger partial charge on any atom is 0.350 e. The van der Waals surface area contributed by atoms with Gasteiger partial charge in [0.25, 0.3) is 0 Å². The van der Waals surface area contributed by atoms with Crippen molar-refractivity contribution in [1.82, 2.24) is 9.78 Å². The third kappa shape index (κ3) is 3.52. The zero-order valence-electron chi connectivity index (χ0n) is 14.8. The molecule has 0 unspecified atom stereocenters. The topological polar surface area (TPSA) is 73.2 Å². The number of ether oxygens (including phenoxy) is 1. The van der Waals surface area contributed by atoms with Crippen LogP contribution in [-0.2, 0) is 16.0 Å². The molecule has 0 spiro atoms. The number of methoxy groups -OCH3 is 1. The van der Waals surface area contributed by atoms with Crippen molar-refractivity contribution in [3.8, 4) is 5.69 Å². The van der Waals surface area contributed by atoms with Crippen molar-refractivity contribution in [2.24, 2.45) is 0 Å². The molecule has 6 nitrogen and oxygen atoms in total. The average molecular weight is 369 g/mol. The number of nitrogens with zero attached hydrogens (tertiary/aromatic N) is 2. The summed E-state index contributed by atoms with van der Waals surface area (Å²) in [5.74, 6) is -0.660. The van der Waals surface area contributed by atoms with Crippen LogP contribution in [0.25, 0.3) is 5.69 Å². The molecular weight excluding hydrogens is 350 g/mol. The highest BCUT2D eigenvalue weighted by atomic mass is 32.1. The summed E-state index contributed by atoms with van der Waals surface area (Å²) >= 11 is 1.23. The summed E-state index contributed by atoms with van der Waals surface area (Å²) in [6.45, 7) is 3.83. The Hall–Kier alpha value is -2.93. The normalized spacial score (nSPS) is 10.6. The summed E-state index contributed by atoms with van der Waals surface area (Å²) in [4.78, 5) is 24.6. The Kier molecular flexibility index (Phi) is 5.18. The molecule has 1 N–H and O–H groups in total. The van der Waals surface area contributed by atoms with E-state index in [2.05, 4.69) is 10.4 Å². The molecule has 0 atom stereocenters. The van der Waals surface area contributed by atoms with Crippen LogP contribution in [0.5, 0.6) is 0 Å². The molecule has 0 aliphatic rings. The Morgan fingerprint density at radius 2 is 1.92 bits per heavy atom. The van der Waals surface area contributed by atoms with Crippen LogP contribution in [0, 0.1) is 13.8 Å². The first-order chi connectivity index (χ1) is 12.5. The van der Waals surface area contributed by atoms with Gasteiger partial charge in [-0.05, 0) is 37.4 Å². The Labute approximate surface area is 155 Å². The van der Waals surface area contributed by atoms with E-state index in [4.69, 9.17) is 4.74 Å². The van der Waals surface area contributed by atoms with Crippen LogP contribution in [0.15, 0.2) is 41.8 Å². The van der Waals surface area contributed by atoms with Crippen molar-refractivity contribution >= 4 is 28.9 Å². The molecular formula is C19H19N3O3S. The van der Waals surface area contributed by atoms with Gasteiger partial charge in [0.1, 0.15) is 4.88 Å². The molecule has 3 aromatic rings. The number of nitrogens with one attached hydrogen (secondary N) is 1. The van der Waals surface area contributed by atoms with E-state index < -0.39 is 5.97 Å². The molecule has 0 fully saturated rings. The molecule has 7 heteroatoms. The Morgan fingerprint density at radius 3 is 2.62 bits per heavy atom. The molecule has 2 heterocycles. The van der Waals surface area contributed by atoms with Crippen LogP contribution in [0.3, 0.4) is 0 Å². The predicted octanol–water partition coefficient (Wildman–Crippen LogP) is 3.52. The number of benzene rings is 1. The van der Waals surface area contributed by atoms with E-state index in [9.17, 15) is 9.59 Å². The minimum absolute atomic E-state index is 0.182. The first-order valence-corrected chi connectivity index (χ1v) is 8.95. The zero-order valence-corrected chi connectivity index (χ0v) is 15.6. The summed E-state index contributed by atoms with van der Waals surface area (Å²) in [5.41, 5.74) is 4.02. The molecule has 0 aliphatic carbocycles. The van der Waals surface area contributed by atoms with E-state index in [0.29, 0.717) is 10.6 Å². The molecule has 2 aromatic heterocycles. The number of para-hydroxylation sites is 1. The highest BCUT2D eigenvalue weighted by Crippen LogP contribution is 2.24. The second-order valence-corrected chi connectivity index (χ2v) is 6.69. The van der Waals surface area contributed by atoms with Gasteiger partial charge in [-0.25, -0.2) is 9.48 Å². The molecule has 0 aliphatic heterocycles. The minimum atomic E-state index is -0.459. The number of aromatic nitrogens is 2. The Balaban J connectivity index is 1.80. The van der Waals surface area contributed by atoms with Crippen molar-refractivity contribution in [1.29, 1.82) is 0 Å². The van der Waals surface area contributed by atoms with Crippen LogP contribution in [0.4, 0.5) is 5.69 Å². The maximum absolute atomic E-state index is 12.5. The lowest BCUT2D eigenvalue weighted by Gasteiger charge is -2.07. The fraction of sp³-hybridized carbons (Fsp3) is 0.211. The number of amides is 1. The third-order valence-corrected chi connectivity index (χ3v) is 4.98. The Bertz CT molecular complexity index is 944. The summed E-state index contributed by atoms with van der Waals surface area (Å²) in [7, 11) is 1.32. The average Bonchev–Trinajstić information content (AvgIpc) is 3.21. The summed E-state index contributed by atoms with van der Waals surface area (Å²) in [6.07, 6.45) is 0.182. The molecule has 134 valence electrons. The molecule has 0 saturated carbocycles. The molecule has 0 saturated heterocycles. The largest absolute Gasteiger partial charge is 0.465 e. The lowest BCUT2D eigenvalue weighted by molar-refractivity contribution is -0.115. The number of hydrogen-bond donors (Lipinski definition) is 1. The summed E-state index contributed by atoms with van der Waals surface area (Å²) < 4.78 is 6.57. The number of carbonyl (C=O) groups is 2. The summed E-state index contributed by atoms with van der Waals surface area (Å²) in [6, 6.07) is 11.5. The van der Waals surface area contributed by atoms with E-state index in [1.54, 1.807) is 11.4 Å². The molecule has 1 amide bonds. The van der Waals surface area contributed by atoms with Gasteiger partial charge in [0.2, 0.25) is 5.91 Å². The van der Waals surface area contributed by atoms with Crippen molar-refractivity contribution in [3.63, 3.8) is 0 Å². The van der Waals surface area contributed by atoms with Crippen molar-refractivity contribution in [2.45, 2.75) is 20.3 Å². The Morgan fingerprint density at radius 1 is 1.19 bits per heavy atom. The predicted molar refractivity (Wildman–Crippen MR) is 101 cm³/mol. The molecule has 0 bridgehead atoms. The monoisotopic (exact) mass is 369 g/mol. The number of anilines is 1. The van der Waals surface area contributed by atoms with E-state index in [0.717, 1.165) is 22.6 Å². The minimum Gasteiger partial charge on any atom is -0.465 e. The van der Waals surface area contributed by atoms with E-state index in [-0.39, 0.29) is 12.3 Å². The smallest absolute Gasteiger partial charge is 0.350 e. The van der Waals surface area contributed by atoms with Gasteiger partial charge in [0.05, 0.1) is 30.6 Å². The number of aryl methyl sites for hydroxylation is 1. The molecule has 3 rings (SSSR count). The van der Waals surface area contributed by atoms with Crippen LogP contribution in [-0.4, -0.2) is 28.8 Å². The van der Waals surface area contributed by atoms with Gasteiger partial charge in [0, 0.05) is 11.3 Å². The van der Waals surface area contributed by atoms with Gasteiger partial charge in [-0.15, -0.1) is 11.3 Å². The number of esters is 1. The van der Waals surface area contributed by atoms with Gasteiger partial charge in [-0.2, -0.15) is 5.10 Å². The van der Waals surface area contributed by atoms with E-state index in [1.807, 2.05) is 48.9 Å².